The van der Waals surface area contributed by atoms with Crippen molar-refractivity contribution in [3.05, 3.63) is 30.1 Å². The van der Waals surface area contributed by atoms with Crippen molar-refractivity contribution < 1.29 is 5.11 Å². The molecular weight excluding hydrogens is 170 g/mol. The van der Waals surface area contributed by atoms with Gasteiger partial charge in [-0.2, -0.15) is 15.4 Å². The Morgan fingerprint density at radius 3 is 3.00 bits per heavy atom. The Kier molecular flexibility index (Phi) is 1.82. The Hall–Kier alpha value is -1.69. The smallest absolute Gasteiger partial charge is 0.157 e. The van der Waals surface area contributed by atoms with E-state index in [1.165, 1.54) is 6.20 Å². The van der Waals surface area contributed by atoms with E-state index in [1.54, 1.807) is 17.0 Å². The number of aryl methyl sites for hydroxylation is 1. The highest BCUT2D eigenvalue weighted by Crippen LogP contribution is 2.15. The van der Waals surface area contributed by atoms with E-state index < -0.39 is 6.10 Å². The highest BCUT2D eigenvalue weighted by Gasteiger charge is 2.16. The number of hydrogen-bond donors (Lipinski definition) is 2. The second-order valence-corrected chi connectivity index (χ2v) is 2.69. The predicted molar refractivity (Wildman–Crippen MR) is 43.7 cm³/mol. The monoisotopic (exact) mass is 179 g/mol. The summed E-state index contributed by atoms with van der Waals surface area (Å²) < 4.78 is 1.74. The van der Waals surface area contributed by atoms with Crippen LogP contribution in [-0.2, 0) is 7.05 Å². The van der Waals surface area contributed by atoms with E-state index in [4.69, 9.17) is 0 Å². The maximum atomic E-state index is 9.74. The van der Waals surface area contributed by atoms with Crippen molar-refractivity contribution >= 4 is 0 Å². The summed E-state index contributed by atoms with van der Waals surface area (Å²) in [6.07, 6.45) is 4.04. The molecule has 6 nitrogen and oxygen atoms in total. The summed E-state index contributed by atoms with van der Waals surface area (Å²) in [6.45, 7) is 0. The molecule has 2 aromatic rings. The van der Waals surface area contributed by atoms with E-state index >= 15 is 0 Å². The Labute approximate surface area is 74.2 Å². The first kappa shape index (κ1) is 7.93. The molecule has 0 fully saturated rings. The number of aromatic nitrogens is 5. The van der Waals surface area contributed by atoms with Crippen molar-refractivity contribution in [1.29, 1.82) is 0 Å². The number of aliphatic hydroxyl groups excluding tert-OH is 1. The van der Waals surface area contributed by atoms with Gasteiger partial charge in [0, 0.05) is 19.4 Å². The zero-order valence-corrected chi connectivity index (χ0v) is 7.05. The Morgan fingerprint density at radius 1 is 1.62 bits per heavy atom. The van der Waals surface area contributed by atoms with Crippen LogP contribution in [0.15, 0.2) is 18.6 Å². The summed E-state index contributed by atoms with van der Waals surface area (Å²) in [5.74, 6) is 0.550. The molecule has 0 bridgehead atoms. The number of nitrogens with one attached hydrogen (secondary N) is 1. The van der Waals surface area contributed by atoms with Gasteiger partial charge in [-0.3, -0.25) is 0 Å². The first-order valence-corrected chi connectivity index (χ1v) is 3.80. The van der Waals surface area contributed by atoms with Crippen molar-refractivity contribution in [3.63, 3.8) is 0 Å². The van der Waals surface area contributed by atoms with Crippen LogP contribution in [0.1, 0.15) is 17.6 Å². The van der Waals surface area contributed by atoms with E-state index in [2.05, 4.69) is 20.4 Å². The number of hydrogen-bond acceptors (Lipinski definition) is 4. The molecule has 0 aliphatic rings. The van der Waals surface area contributed by atoms with Crippen molar-refractivity contribution in [3.8, 4) is 0 Å². The van der Waals surface area contributed by atoms with Crippen molar-refractivity contribution in [2.45, 2.75) is 6.10 Å². The fourth-order valence-electron chi connectivity index (χ4n) is 1.12. The topological polar surface area (TPSA) is 79.6 Å². The summed E-state index contributed by atoms with van der Waals surface area (Å²) >= 11 is 0. The molecule has 2 heterocycles. The largest absolute Gasteiger partial charge is 0.379 e. The van der Waals surface area contributed by atoms with Gasteiger partial charge < -0.3 is 9.67 Å². The molecule has 0 saturated heterocycles. The van der Waals surface area contributed by atoms with Gasteiger partial charge in [0.2, 0.25) is 0 Å². The number of rotatable bonds is 2. The van der Waals surface area contributed by atoms with E-state index in [9.17, 15) is 5.11 Å². The van der Waals surface area contributed by atoms with Crippen LogP contribution in [0.5, 0.6) is 0 Å². The highest BCUT2D eigenvalue weighted by molar-refractivity contribution is 5.10. The number of H-pyrrole nitrogens is 1. The van der Waals surface area contributed by atoms with Crippen LogP contribution >= 0.6 is 0 Å². The molecule has 1 atom stereocenters. The average molecular weight is 179 g/mol. The summed E-state index contributed by atoms with van der Waals surface area (Å²) in [5.41, 5.74) is 0.467. The standard InChI is InChI=1S/C7H9N5O/c1-12-3-2-8-7(12)6(13)5-4-9-11-10-5/h2-4,6,13H,1H3,(H,9,10,11). The third-order valence-electron chi connectivity index (χ3n) is 1.82. The van der Waals surface area contributed by atoms with Gasteiger partial charge in [-0.25, -0.2) is 4.98 Å². The van der Waals surface area contributed by atoms with Gasteiger partial charge in [-0.05, 0) is 0 Å². The Morgan fingerprint density at radius 2 is 2.46 bits per heavy atom. The third kappa shape index (κ3) is 1.31. The minimum absolute atomic E-state index is 0.467. The van der Waals surface area contributed by atoms with Crippen LogP contribution in [0.4, 0.5) is 0 Å². The first-order valence-electron chi connectivity index (χ1n) is 3.80. The minimum atomic E-state index is -0.821. The van der Waals surface area contributed by atoms with Crippen molar-refractivity contribution in [2.75, 3.05) is 0 Å². The minimum Gasteiger partial charge on any atom is -0.379 e. The maximum Gasteiger partial charge on any atom is 0.157 e. The fraction of sp³-hybridized carbons (Fsp3) is 0.286. The van der Waals surface area contributed by atoms with Gasteiger partial charge >= 0.3 is 0 Å². The fourth-order valence-corrected chi connectivity index (χ4v) is 1.12. The summed E-state index contributed by atoms with van der Waals surface area (Å²) in [4.78, 5) is 4.00. The molecule has 2 N–H and O–H groups in total. The number of aromatic amines is 1. The second-order valence-electron chi connectivity index (χ2n) is 2.69. The van der Waals surface area contributed by atoms with Crippen LogP contribution in [-0.4, -0.2) is 30.1 Å². The normalized spacial score (nSPS) is 13.1. The molecule has 2 aromatic heterocycles. The van der Waals surface area contributed by atoms with Crippen LogP contribution in [0.2, 0.25) is 0 Å². The van der Waals surface area contributed by atoms with Crippen LogP contribution < -0.4 is 0 Å². The molecule has 0 aliphatic carbocycles. The molecule has 0 amide bonds. The summed E-state index contributed by atoms with van der Waals surface area (Å²) in [6, 6.07) is 0. The molecule has 13 heavy (non-hydrogen) atoms. The van der Waals surface area contributed by atoms with Crippen molar-refractivity contribution in [1.82, 2.24) is 25.0 Å². The molecule has 0 saturated carbocycles. The summed E-state index contributed by atoms with van der Waals surface area (Å²) in [5, 5.41) is 19.6. The Balaban J connectivity index is 2.33. The van der Waals surface area contributed by atoms with E-state index in [1.807, 2.05) is 7.05 Å². The molecule has 0 radical (unpaired) electrons. The summed E-state index contributed by atoms with van der Waals surface area (Å²) in [7, 11) is 1.81. The van der Waals surface area contributed by atoms with Gasteiger partial charge in [0.15, 0.2) is 6.10 Å². The molecule has 68 valence electrons. The molecular formula is C7H9N5O. The number of imidazole rings is 1. The van der Waals surface area contributed by atoms with Gasteiger partial charge in [0.1, 0.15) is 11.5 Å². The lowest BCUT2D eigenvalue weighted by Gasteiger charge is -2.05. The van der Waals surface area contributed by atoms with Crippen LogP contribution in [0.25, 0.3) is 0 Å². The lowest BCUT2D eigenvalue weighted by Crippen LogP contribution is -2.07. The molecule has 2 rings (SSSR count). The van der Waals surface area contributed by atoms with E-state index in [0.29, 0.717) is 11.5 Å². The molecule has 0 aliphatic heterocycles. The van der Waals surface area contributed by atoms with Gasteiger partial charge in [0.05, 0.1) is 6.20 Å². The quantitative estimate of drug-likeness (QED) is 0.658. The van der Waals surface area contributed by atoms with Gasteiger partial charge in [-0.15, -0.1) is 0 Å². The second kappa shape index (κ2) is 2.98. The van der Waals surface area contributed by atoms with Gasteiger partial charge in [0.25, 0.3) is 0 Å². The van der Waals surface area contributed by atoms with Crippen LogP contribution in [0, 0.1) is 0 Å². The average Bonchev–Trinajstić information content (AvgIpc) is 2.72. The van der Waals surface area contributed by atoms with Crippen LogP contribution in [0.3, 0.4) is 0 Å². The van der Waals surface area contributed by atoms with Gasteiger partial charge in [-0.1, -0.05) is 0 Å². The van der Waals surface area contributed by atoms with E-state index in [0.717, 1.165) is 0 Å². The third-order valence-corrected chi connectivity index (χ3v) is 1.82. The highest BCUT2D eigenvalue weighted by atomic mass is 16.3. The zero-order chi connectivity index (χ0) is 9.26. The predicted octanol–water partition coefficient (Wildman–Crippen LogP) is -0.380. The van der Waals surface area contributed by atoms with Crippen molar-refractivity contribution in [2.24, 2.45) is 7.05 Å². The zero-order valence-electron chi connectivity index (χ0n) is 7.05. The maximum absolute atomic E-state index is 9.74. The SMILES string of the molecule is Cn1ccnc1C(O)c1cn[nH]n1. The molecule has 0 spiro atoms. The van der Waals surface area contributed by atoms with E-state index in [-0.39, 0.29) is 0 Å². The molecule has 1 unspecified atom stereocenters. The lowest BCUT2D eigenvalue weighted by atomic mass is 10.2. The molecule has 0 aromatic carbocycles. The first-order chi connectivity index (χ1) is 6.29. The number of nitrogens with zero attached hydrogens (tertiary/aromatic N) is 4. The molecule has 6 heteroatoms. The lowest BCUT2D eigenvalue weighted by molar-refractivity contribution is 0.201. The Bertz CT molecular complexity index is 379. The number of aliphatic hydroxyl groups is 1.